The quantitative estimate of drug-likeness (QED) is 0.376. The van der Waals surface area contributed by atoms with E-state index in [-0.39, 0.29) is 103 Å². The summed E-state index contributed by atoms with van der Waals surface area (Å²) >= 11 is 9.56. The Bertz CT molecular complexity index is 126. The molecule has 1 N–H and O–H groups in total. The summed E-state index contributed by atoms with van der Waals surface area (Å²) in [4.78, 5) is 16.5. The molecule has 0 aromatic heterocycles. The fourth-order valence-corrected chi connectivity index (χ4v) is 0. The van der Waals surface area contributed by atoms with Gasteiger partial charge in [-0.25, -0.2) is 4.79 Å². The van der Waals surface area contributed by atoms with Gasteiger partial charge in [0.1, 0.15) is 0 Å². The van der Waals surface area contributed by atoms with Crippen molar-refractivity contribution < 1.29 is 128 Å². The van der Waals surface area contributed by atoms with Crippen LogP contribution < -0.4 is 113 Å². The van der Waals surface area contributed by atoms with E-state index >= 15 is 0 Å². The van der Waals surface area contributed by atoms with Gasteiger partial charge in [0.2, 0.25) is 4.84 Å². The topological polar surface area (TPSA) is 100 Å². The SMILES string of the molecule is O=C(O)C(Cl)Cl.O=C([O-])[O-].[K+].[K+]. The van der Waals surface area contributed by atoms with Crippen molar-refractivity contribution in [2.24, 2.45) is 0 Å². The predicted octanol–water partition coefficient (Wildman–Crippen LogP) is -7.56. The molecule has 0 aliphatic carbocycles. The third-order valence-electron chi connectivity index (χ3n) is 0.187. The summed E-state index contributed by atoms with van der Waals surface area (Å²) in [7, 11) is 0. The van der Waals surface area contributed by atoms with Crippen LogP contribution in [0.4, 0.5) is 4.79 Å². The van der Waals surface area contributed by atoms with Crippen LogP contribution in [-0.2, 0) is 4.79 Å². The molecule has 0 aromatic rings. The summed E-state index contributed by atoms with van der Waals surface area (Å²) < 4.78 is 0. The molecule has 9 heteroatoms. The molecule has 12 heavy (non-hydrogen) atoms. The van der Waals surface area contributed by atoms with Crippen LogP contribution in [0.25, 0.3) is 0 Å². The molecule has 0 atom stereocenters. The summed E-state index contributed by atoms with van der Waals surface area (Å²) in [5, 5.41) is 24.4. The number of hydrogen-bond donors (Lipinski definition) is 1. The molecule has 0 radical (unpaired) electrons. The number of rotatable bonds is 1. The van der Waals surface area contributed by atoms with E-state index in [1.54, 1.807) is 0 Å². The molecule has 0 aliphatic rings. The second-order valence-electron chi connectivity index (χ2n) is 0.889. The number of carbonyl (C=O) groups excluding carboxylic acids is 1. The van der Waals surface area contributed by atoms with Crippen molar-refractivity contribution in [3.8, 4) is 0 Å². The fraction of sp³-hybridized carbons (Fsp3) is 0.333. The minimum absolute atomic E-state index is 0. The van der Waals surface area contributed by atoms with Crippen LogP contribution in [0.15, 0.2) is 0 Å². The minimum Gasteiger partial charge on any atom is -0.652 e. The van der Waals surface area contributed by atoms with Gasteiger partial charge in [-0.15, -0.1) is 0 Å². The summed E-state index contributed by atoms with van der Waals surface area (Å²) in [5.41, 5.74) is 0. The van der Waals surface area contributed by atoms with Crippen LogP contribution in [0.3, 0.4) is 0 Å². The Morgan fingerprint density at radius 1 is 1.17 bits per heavy atom. The van der Waals surface area contributed by atoms with E-state index in [9.17, 15) is 4.79 Å². The first-order valence-corrected chi connectivity index (χ1v) is 2.64. The van der Waals surface area contributed by atoms with Crippen LogP contribution in [0.5, 0.6) is 0 Å². The number of carbonyl (C=O) groups is 2. The van der Waals surface area contributed by atoms with Crippen molar-refractivity contribution in [2.75, 3.05) is 0 Å². The van der Waals surface area contributed by atoms with Crippen LogP contribution in [0.1, 0.15) is 0 Å². The summed E-state index contributed by atoms with van der Waals surface area (Å²) in [6.45, 7) is 0. The van der Waals surface area contributed by atoms with Gasteiger partial charge < -0.3 is 20.1 Å². The first-order chi connectivity index (χ1) is 4.37. The smallest absolute Gasteiger partial charge is 0.652 e. The zero-order valence-electron chi connectivity index (χ0n) is 6.41. The van der Waals surface area contributed by atoms with Crippen LogP contribution in [-0.4, -0.2) is 22.1 Å². The molecular weight excluding hydrogens is 265 g/mol. The largest absolute Gasteiger partial charge is 1.00 e. The van der Waals surface area contributed by atoms with Crippen LogP contribution >= 0.6 is 23.2 Å². The summed E-state index contributed by atoms with van der Waals surface area (Å²) in [6, 6.07) is 0. The Morgan fingerprint density at radius 2 is 1.25 bits per heavy atom. The maximum atomic E-state index is 9.44. The second-order valence-corrected chi connectivity index (χ2v) is 1.99. The molecule has 0 saturated carbocycles. The molecule has 0 heterocycles. The maximum Gasteiger partial charge on any atom is 1.00 e. The van der Waals surface area contributed by atoms with Crippen molar-refractivity contribution in [1.82, 2.24) is 0 Å². The average Bonchev–Trinajstić information content (AvgIpc) is 1.63. The number of alkyl halides is 2. The molecular formula is C3H2Cl2K2O5. The molecule has 0 unspecified atom stereocenters. The van der Waals surface area contributed by atoms with Crippen molar-refractivity contribution in [1.29, 1.82) is 0 Å². The van der Waals surface area contributed by atoms with Gasteiger partial charge in [-0.05, 0) is 6.16 Å². The third-order valence-corrected chi connectivity index (χ3v) is 0.560. The van der Waals surface area contributed by atoms with Gasteiger partial charge in [0.25, 0.3) is 0 Å². The number of carboxylic acid groups (broad SMARTS) is 3. The Balaban J connectivity index is -0.0000000483. The minimum atomic E-state index is -2.33. The molecule has 0 spiro atoms. The van der Waals surface area contributed by atoms with Gasteiger partial charge in [-0.1, -0.05) is 23.2 Å². The molecule has 0 amide bonds. The van der Waals surface area contributed by atoms with Crippen LogP contribution in [0.2, 0.25) is 0 Å². The molecule has 0 aromatic carbocycles. The third kappa shape index (κ3) is 38.9. The van der Waals surface area contributed by atoms with E-state index < -0.39 is 17.0 Å². The van der Waals surface area contributed by atoms with E-state index in [4.69, 9.17) is 43.3 Å². The number of hydrogen-bond acceptors (Lipinski definition) is 4. The Hall–Kier alpha value is 2.59. The number of halogens is 2. The average molecular weight is 267 g/mol. The molecule has 0 saturated heterocycles. The number of carboxylic acids is 1. The van der Waals surface area contributed by atoms with E-state index in [0.29, 0.717) is 0 Å². The van der Waals surface area contributed by atoms with Crippen molar-refractivity contribution in [3.05, 3.63) is 0 Å². The van der Waals surface area contributed by atoms with E-state index in [2.05, 4.69) is 0 Å². The van der Waals surface area contributed by atoms with Gasteiger partial charge in [0.05, 0.1) is 0 Å². The van der Waals surface area contributed by atoms with Crippen molar-refractivity contribution >= 4 is 35.3 Å². The standard InChI is InChI=1S/C2H2Cl2O2.CH2O3.2K/c3-1(4)2(5)6;2-1(3)4;;/h1H,(H,5,6);(H2,2,3,4);;/q;;2*+1/p-2. The predicted molar refractivity (Wildman–Crippen MR) is 28.5 cm³/mol. The van der Waals surface area contributed by atoms with Crippen LogP contribution in [0, 0.1) is 0 Å². The Kier molecular flexibility index (Phi) is 32.1. The van der Waals surface area contributed by atoms with E-state index in [1.807, 2.05) is 0 Å². The van der Waals surface area contributed by atoms with E-state index in [0.717, 1.165) is 0 Å². The van der Waals surface area contributed by atoms with E-state index in [1.165, 1.54) is 0 Å². The Labute approximate surface area is 164 Å². The second kappa shape index (κ2) is 16.0. The summed E-state index contributed by atoms with van der Waals surface area (Å²) in [6.07, 6.45) is -2.33. The molecule has 0 fully saturated rings. The first kappa shape index (κ1) is 24.0. The number of aliphatic carboxylic acids is 1. The van der Waals surface area contributed by atoms with Crippen molar-refractivity contribution in [3.63, 3.8) is 0 Å². The summed E-state index contributed by atoms with van der Waals surface area (Å²) in [5.74, 6) is -1.21. The Morgan fingerprint density at radius 3 is 1.25 bits per heavy atom. The van der Waals surface area contributed by atoms with Gasteiger partial charge in [0, 0.05) is 0 Å². The fourth-order valence-electron chi connectivity index (χ4n) is 0. The van der Waals surface area contributed by atoms with Gasteiger partial charge in [0.15, 0.2) is 0 Å². The maximum absolute atomic E-state index is 9.44. The van der Waals surface area contributed by atoms with Gasteiger partial charge >= 0.3 is 109 Å². The molecule has 60 valence electrons. The van der Waals surface area contributed by atoms with Gasteiger partial charge in [-0.3, -0.25) is 0 Å². The van der Waals surface area contributed by atoms with Gasteiger partial charge in [-0.2, -0.15) is 0 Å². The zero-order chi connectivity index (χ0) is 8.73. The molecule has 0 rings (SSSR count). The monoisotopic (exact) mass is 266 g/mol. The molecule has 0 aliphatic heterocycles. The molecule has 5 nitrogen and oxygen atoms in total. The van der Waals surface area contributed by atoms with Crippen molar-refractivity contribution in [2.45, 2.75) is 4.84 Å². The normalized spacial score (nSPS) is 6.58. The first-order valence-electron chi connectivity index (χ1n) is 1.77. The zero-order valence-corrected chi connectivity index (χ0v) is 14.2. The molecule has 0 bridgehead atoms.